The average molecular weight is 260 g/mol. The highest BCUT2D eigenvalue weighted by molar-refractivity contribution is 6.02. The van der Waals surface area contributed by atoms with Crippen LogP contribution in [0.4, 0.5) is 5.69 Å². The van der Waals surface area contributed by atoms with E-state index in [0.29, 0.717) is 23.7 Å². The van der Waals surface area contributed by atoms with Crippen LogP contribution in [0.1, 0.15) is 28.9 Å². The van der Waals surface area contributed by atoms with Gasteiger partial charge in [0.15, 0.2) is 0 Å². The van der Waals surface area contributed by atoms with Crippen LogP contribution in [0.15, 0.2) is 18.2 Å². The van der Waals surface area contributed by atoms with E-state index in [1.54, 1.807) is 13.2 Å². The minimum Gasteiger partial charge on any atom is -0.495 e. The fourth-order valence-corrected chi connectivity index (χ4v) is 1.65. The molecule has 1 aromatic carbocycles. The molecule has 1 amide bonds. The molecule has 0 unspecified atom stereocenters. The molecule has 0 radical (unpaired) electrons. The molecule has 100 valence electrons. The van der Waals surface area contributed by atoms with Crippen LogP contribution in [-0.2, 0) is 6.42 Å². The van der Waals surface area contributed by atoms with Crippen molar-refractivity contribution in [3.8, 4) is 5.75 Å². The summed E-state index contributed by atoms with van der Waals surface area (Å²) in [5.41, 5.74) is 1.63. The molecule has 2 aromatic rings. The van der Waals surface area contributed by atoms with Gasteiger partial charge in [0.1, 0.15) is 11.6 Å². The Balaban J connectivity index is 2.20. The van der Waals surface area contributed by atoms with Gasteiger partial charge in [0.25, 0.3) is 5.91 Å². The highest BCUT2D eigenvalue weighted by atomic mass is 16.5. The Kier molecular flexibility index (Phi) is 3.79. The predicted molar refractivity (Wildman–Crippen MR) is 71.4 cm³/mol. The lowest BCUT2D eigenvalue weighted by Crippen LogP contribution is -2.14. The molecular weight excluding hydrogens is 244 g/mol. The third-order valence-corrected chi connectivity index (χ3v) is 2.67. The number of aromatic nitrogens is 3. The first-order chi connectivity index (χ1) is 9.13. The minimum atomic E-state index is -0.361. The number of benzene rings is 1. The SMILES string of the molecule is CCc1nc(C(=O)Nc2cc(C)ccc2OC)n[nH]1. The number of hydrogen-bond acceptors (Lipinski definition) is 4. The maximum absolute atomic E-state index is 12.0. The Morgan fingerprint density at radius 3 is 2.89 bits per heavy atom. The molecule has 2 rings (SSSR count). The summed E-state index contributed by atoms with van der Waals surface area (Å²) in [7, 11) is 1.56. The van der Waals surface area contributed by atoms with E-state index in [9.17, 15) is 4.79 Å². The monoisotopic (exact) mass is 260 g/mol. The molecule has 0 bridgehead atoms. The normalized spacial score (nSPS) is 10.3. The van der Waals surface area contributed by atoms with Crippen molar-refractivity contribution in [3.05, 3.63) is 35.4 Å². The quantitative estimate of drug-likeness (QED) is 0.880. The smallest absolute Gasteiger partial charge is 0.295 e. The van der Waals surface area contributed by atoms with Crippen molar-refractivity contribution in [2.75, 3.05) is 12.4 Å². The molecule has 0 saturated carbocycles. The van der Waals surface area contributed by atoms with Gasteiger partial charge in [-0.2, -0.15) is 0 Å². The minimum absolute atomic E-state index is 0.125. The van der Waals surface area contributed by atoms with E-state index in [-0.39, 0.29) is 11.7 Å². The first-order valence-electron chi connectivity index (χ1n) is 6.01. The van der Waals surface area contributed by atoms with Crippen LogP contribution in [0.25, 0.3) is 0 Å². The van der Waals surface area contributed by atoms with Crippen LogP contribution < -0.4 is 10.1 Å². The topological polar surface area (TPSA) is 79.9 Å². The maximum atomic E-state index is 12.0. The Labute approximate surface area is 111 Å². The predicted octanol–water partition coefficient (Wildman–Crippen LogP) is 1.94. The summed E-state index contributed by atoms with van der Waals surface area (Å²) < 4.78 is 5.20. The van der Waals surface area contributed by atoms with E-state index < -0.39 is 0 Å². The molecule has 0 spiro atoms. The zero-order valence-electron chi connectivity index (χ0n) is 11.2. The molecule has 6 heteroatoms. The number of carbonyl (C=O) groups is 1. The number of hydrogen-bond donors (Lipinski definition) is 2. The first-order valence-corrected chi connectivity index (χ1v) is 6.01. The summed E-state index contributed by atoms with van der Waals surface area (Å²) in [6.07, 6.45) is 0.702. The van der Waals surface area contributed by atoms with Crippen molar-refractivity contribution in [1.29, 1.82) is 0 Å². The molecule has 0 fully saturated rings. The van der Waals surface area contributed by atoms with Crippen LogP contribution in [0.3, 0.4) is 0 Å². The highest BCUT2D eigenvalue weighted by Gasteiger charge is 2.14. The number of nitrogens with zero attached hydrogens (tertiary/aromatic N) is 2. The fraction of sp³-hybridized carbons (Fsp3) is 0.308. The first kappa shape index (κ1) is 13.1. The number of amides is 1. The molecule has 2 N–H and O–H groups in total. The van der Waals surface area contributed by atoms with Crippen molar-refractivity contribution in [1.82, 2.24) is 15.2 Å². The van der Waals surface area contributed by atoms with E-state index in [0.717, 1.165) is 5.56 Å². The number of H-pyrrole nitrogens is 1. The lowest BCUT2D eigenvalue weighted by Gasteiger charge is -2.09. The van der Waals surface area contributed by atoms with Gasteiger partial charge in [0, 0.05) is 6.42 Å². The molecule has 0 atom stereocenters. The second kappa shape index (κ2) is 5.51. The summed E-state index contributed by atoms with van der Waals surface area (Å²) in [6, 6.07) is 5.56. The highest BCUT2D eigenvalue weighted by Crippen LogP contribution is 2.25. The summed E-state index contributed by atoms with van der Waals surface area (Å²) in [6.45, 7) is 3.88. The van der Waals surface area contributed by atoms with Crippen LogP contribution in [0.5, 0.6) is 5.75 Å². The molecule has 0 aliphatic carbocycles. The Morgan fingerprint density at radius 1 is 1.47 bits per heavy atom. The summed E-state index contributed by atoms with van der Waals surface area (Å²) in [5, 5.41) is 9.33. The van der Waals surface area contributed by atoms with Crippen molar-refractivity contribution in [2.45, 2.75) is 20.3 Å². The standard InChI is InChI=1S/C13H16N4O2/c1-4-11-15-12(17-16-11)13(18)14-9-7-8(2)5-6-10(9)19-3/h5-7H,4H2,1-3H3,(H,14,18)(H,15,16,17). The van der Waals surface area contributed by atoms with Gasteiger partial charge in [0.2, 0.25) is 5.82 Å². The molecule has 1 heterocycles. The van der Waals surface area contributed by atoms with Gasteiger partial charge < -0.3 is 10.1 Å². The third kappa shape index (κ3) is 2.90. The number of nitrogens with one attached hydrogen (secondary N) is 2. The molecule has 0 saturated heterocycles. The van der Waals surface area contributed by atoms with Crippen LogP contribution >= 0.6 is 0 Å². The zero-order chi connectivity index (χ0) is 13.8. The number of rotatable bonds is 4. The van der Waals surface area contributed by atoms with Gasteiger partial charge in [0.05, 0.1) is 12.8 Å². The molecule has 0 aliphatic rings. The fourth-order valence-electron chi connectivity index (χ4n) is 1.65. The number of aryl methyl sites for hydroxylation is 2. The average Bonchev–Trinajstić information content (AvgIpc) is 2.88. The van der Waals surface area contributed by atoms with Gasteiger partial charge in [-0.3, -0.25) is 9.89 Å². The second-order valence-electron chi connectivity index (χ2n) is 4.12. The molecule has 19 heavy (non-hydrogen) atoms. The number of methoxy groups -OCH3 is 1. The van der Waals surface area contributed by atoms with E-state index in [1.165, 1.54) is 0 Å². The number of aromatic amines is 1. The van der Waals surface area contributed by atoms with Crippen LogP contribution in [-0.4, -0.2) is 28.2 Å². The van der Waals surface area contributed by atoms with Gasteiger partial charge in [-0.1, -0.05) is 13.0 Å². The second-order valence-corrected chi connectivity index (χ2v) is 4.12. The van der Waals surface area contributed by atoms with Gasteiger partial charge in [-0.25, -0.2) is 4.98 Å². The lowest BCUT2D eigenvalue weighted by atomic mass is 10.2. The van der Waals surface area contributed by atoms with E-state index in [1.807, 2.05) is 26.0 Å². The molecular formula is C13H16N4O2. The molecule has 1 aromatic heterocycles. The van der Waals surface area contributed by atoms with Gasteiger partial charge in [-0.15, -0.1) is 5.10 Å². The lowest BCUT2D eigenvalue weighted by molar-refractivity contribution is 0.101. The van der Waals surface area contributed by atoms with E-state index in [2.05, 4.69) is 20.5 Å². The summed E-state index contributed by atoms with van der Waals surface area (Å²) in [5.74, 6) is 1.05. The number of anilines is 1. The van der Waals surface area contributed by atoms with Gasteiger partial charge in [-0.05, 0) is 24.6 Å². The zero-order valence-corrected chi connectivity index (χ0v) is 11.2. The maximum Gasteiger partial charge on any atom is 0.295 e. The van der Waals surface area contributed by atoms with Crippen molar-refractivity contribution in [3.63, 3.8) is 0 Å². The number of ether oxygens (including phenoxy) is 1. The van der Waals surface area contributed by atoms with E-state index in [4.69, 9.17) is 4.74 Å². The van der Waals surface area contributed by atoms with Crippen molar-refractivity contribution >= 4 is 11.6 Å². The Bertz CT molecular complexity index is 592. The Morgan fingerprint density at radius 2 is 2.26 bits per heavy atom. The van der Waals surface area contributed by atoms with Gasteiger partial charge >= 0.3 is 0 Å². The van der Waals surface area contributed by atoms with Crippen LogP contribution in [0.2, 0.25) is 0 Å². The number of carbonyl (C=O) groups excluding carboxylic acids is 1. The molecule has 0 aliphatic heterocycles. The van der Waals surface area contributed by atoms with E-state index >= 15 is 0 Å². The largest absolute Gasteiger partial charge is 0.495 e. The molecule has 6 nitrogen and oxygen atoms in total. The Hall–Kier alpha value is -2.37. The third-order valence-electron chi connectivity index (χ3n) is 2.67. The van der Waals surface area contributed by atoms with Crippen molar-refractivity contribution < 1.29 is 9.53 Å². The summed E-state index contributed by atoms with van der Waals surface area (Å²) in [4.78, 5) is 16.1. The van der Waals surface area contributed by atoms with Crippen molar-refractivity contribution in [2.24, 2.45) is 0 Å². The summed E-state index contributed by atoms with van der Waals surface area (Å²) >= 11 is 0. The van der Waals surface area contributed by atoms with Crippen LogP contribution in [0, 0.1) is 6.92 Å².